The number of hydrogen-bond donors (Lipinski definition) is 3. The molecule has 0 fully saturated rings. The van der Waals surface area contributed by atoms with Gasteiger partial charge in [-0.05, 0) is 46.9 Å². The third-order valence-corrected chi connectivity index (χ3v) is 6.49. The molecule has 2 heterocycles. The number of benzene rings is 2. The van der Waals surface area contributed by atoms with Crippen LogP contribution in [0.4, 0.5) is 4.39 Å². The van der Waals surface area contributed by atoms with Crippen LogP contribution in [0.5, 0.6) is 5.75 Å². The Morgan fingerprint density at radius 1 is 1.26 bits per heavy atom. The van der Waals surface area contributed by atoms with Crippen molar-refractivity contribution in [3.05, 3.63) is 70.2 Å². The van der Waals surface area contributed by atoms with Crippen LogP contribution in [0.25, 0.3) is 10.9 Å². The molecule has 0 unspecified atom stereocenters. The van der Waals surface area contributed by atoms with Crippen molar-refractivity contribution in [2.24, 2.45) is 5.14 Å². The van der Waals surface area contributed by atoms with Crippen LogP contribution < -0.4 is 10.5 Å². The van der Waals surface area contributed by atoms with Crippen molar-refractivity contribution in [1.29, 1.82) is 0 Å². The van der Waals surface area contributed by atoms with Crippen LogP contribution in [0.15, 0.2) is 36.5 Å². The Balaban J connectivity index is 1.75. The molecule has 4 rings (SSSR count). The number of nitrogens with two attached hydrogens (primary N) is 1. The molecule has 9 nitrogen and oxygen atoms in total. The van der Waals surface area contributed by atoms with Crippen LogP contribution in [0, 0.1) is 5.82 Å². The summed E-state index contributed by atoms with van der Waals surface area (Å²) in [7, 11) is -2.13. The number of rotatable bonds is 7. The average Bonchev–Trinajstić information content (AvgIpc) is 3.06. The lowest BCUT2D eigenvalue weighted by atomic mass is 9.93. The number of aromatic nitrogens is 1. The van der Waals surface area contributed by atoms with Crippen LogP contribution in [-0.2, 0) is 34.2 Å². The fourth-order valence-corrected chi connectivity index (χ4v) is 4.49. The van der Waals surface area contributed by atoms with E-state index in [2.05, 4.69) is 10.3 Å². The minimum Gasteiger partial charge on any atom is -0.505 e. The number of primary sulfonamides is 1. The Morgan fingerprint density at radius 2 is 1.97 bits per heavy atom. The van der Waals surface area contributed by atoms with Crippen molar-refractivity contribution >= 4 is 32.7 Å². The summed E-state index contributed by atoms with van der Waals surface area (Å²) in [5, 5.41) is 18.8. The normalized spacial score (nSPS) is 13.4. The van der Waals surface area contributed by atoms with E-state index < -0.39 is 21.7 Å². The lowest BCUT2D eigenvalue weighted by molar-refractivity contribution is -0.120. The van der Waals surface area contributed by atoms with Crippen molar-refractivity contribution in [2.45, 2.75) is 19.4 Å². The predicted octanol–water partition coefficient (Wildman–Crippen LogP) is 1.20. The van der Waals surface area contributed by atoms with Gasteiger partial charge >= 0.3 is 0 Å². The first-order valence-electron chi connectivity index (χ1n) is 10.5. The number of nitrogens with zero attached hydrogens (tertiary/aromatic N) is 2. The first-order valence-corrected chi connectivity index (χ1v) is 12.2. The van der Waals surface area contributed by atoms with Crippen molar-refractivity contribution in [1.82, 2.24) is 15.2 Å². The largest absolute Gasteiger partial charge is 0.505 e. The van der Waals surface area contributed by atoms with Crippen LogP contribution in [-0.4, -0.2) is 54.6 Å². The highest BCUT2D eigenvalue weighted by Gasteiger charge is 2.33. The molecule has 0 saturated carbocycles. The van der Waals surface area contributed by atoms with E-state index in [0.29, 0.717) is 22.9 Å². The summed E-state index contributed by atoms with van der Waals surface area (Å²) in [6.07, 6.45) is 1.86. The molecule has 0 atom stereocenters. The molecule has 0 saturated heterocycles. The molecule has 11 heteroatoms. The molecule has 4 N–H and O–H groups in total. The first-order chi connectivity index (χ1) is 16.0. The first kappa shape index (κ1) is 23.6. The molecule has 0 radical (unpaired) electrons. The summed E-state index contributed by atoms with van der Waals surface area (Å²) < 4.78 is 35.5. The van der Waals surface area contributed by atoms with Crippen LogP contribution in [0.2, 0.25) is 0 Å². The molecule has 2 aromatic carbocycles. The lowest BCUT2D eigenvalue weighted by Gasteiger charge is -2.15. The van der Waals surface area contributed by atoms with Gasteiger partial charge in [-0.15, -0.1) is 0 Å². The summed E-state index contributed by atoms with van der Waals surface area (Å²) >= 11 is 0. The van der Waals surface area contributed by atoms with Crippen molar-refractivity contribution in [3.63, 3.8) is 0 Å². The highest BCUT2D eigenvalue weighted by atomic mass is 32.2. The van der Waals surface area contributed by atoms with Gasteiger partial charge < -0.3 is 15.3 Å². The van der Waals surface area contributed by atoms with Crippen molar-refractivity contribution in [3.8, 4) is 5.75 Å². The highest BCUT2D eigenvalue weighted by molar-refractivity contribution is 7.89. The van der Waals surface area contributed by atoms with Crippen LogP contribution >= 0.6 is 0 Å². The summed E-state index contributed by atoms with van der Waals surface area (Å²) in [5.74, 6) is -1.82. The second-order valence-electron chi connectivity index (χ2n) is 8.28. The maximum Gasteiger partial charge on any atom is 0.258 e. The van der Waals surface area contributed by atoms with Crippen LogP contribution in [0.1, 0.15) is 32.6 Å². The zero-order valence-electron chi connectivity index (χ0n) is 18.3. The second-order valence-corrected chi connectivity index (χ2v) is 10.0. The van der Waals surface area contributed by atoms with Gasteiger partial charge in [0.05, 0.1) is 17.7 Å². The van der Waals surface area contributed by atoms with Crippen LogP contribution in [0.3, 0.4) is 0 Å². The monoisotopic (exact) mass is 486 g/mol. The van der Waals surface area contributed by atoms with E-state index in [1.165, 1.54) is 17.0 Å². The van der Waals surface area contributed by atoms with Gasteiger partial charge in [-0.2, -0.15) is 0 Å². The van der Waals surface area contributed by atoms with Gasteiger partial charge in [-0.3, -0.25) is 14.6 Å². The zero-order valence-corrected chi connectivity index (χ0v) is 19.2. The Kier molecular flexibility index (Phi) is 6.24. The molecule has 1 aliphatic heterocycles. The van der Waals surface area contributed by atoms with E-state index >= 15 is 0 Å². The molecular weight excluding hydrogens is 463 g/mol. The highest BCUT2D eigenvalue weighted by Crippen LogP contribution is 2.39. The van der Waals surface area contributed by atoms with E-state index in [1.54, 1.807) is 31.4 Å². The quantitative estimate of drug-likeness (QED) is 0.458. The number of halogens is 1. The minimum atomic E-state index is -3.73. The molecule has 0 spiro atoms. The van der Waals surface area contributed by atoms with E-state index in [-0.39, 0.29) is 48.1 Å². The fraction of sp³-hybridized carbons (Fsp3) is 0.261. The molecule has 2 amide bonds. The van der Waals surface area contributed by atoms with Gasteiger partial charge in [0.25, 0.3) is 5.91 Å². The lowest BCUT2D eigenvalue weighted by Crippen LogP contribution is -2.32. The Bertz CT molecular complexity index is 1410. The number of nitrogens with one attached hydrogen (secondary N) is 1. The fourth-order valence-electron chi connectivity index (χ4n) is 4.10. The number of aromatic hydroxyl groups is 1. The summed E-state index contributed by atoms with van der Waals surface area (Å²) in [6, 6.07) is 7.84. The number of fused-ring (bicyclic) bond motifs is 2. The number of carbonyl (C=O) groups is 2. The molecule has 0 bridgehead atoms. The topological polar surface area (TPSA) is 143 Å². The zero-order chi connectivity index (χ0) is 24.6. The number of phenolic OH excluding ortho intramolecular Hbond substituents is 1. The Labute approximate surface area is 195 Å². The molecule has 178 valence electrons. The van der Waals surface area contributed by atoms with Crippen molar-refractivity contribution in [2.75, 3.05) is 19.3 Å². The van der Waals surface area contributed by atoms with E-state index in [4.69, 9.17) is 5.14 Å². The molecule has 1 aromatic heterocycles. The Morgan fingerprint density at radius 3 is 2.65 bits per heavy atom. The third kappa shape index (κ3) is 4.85. The van der Waals surface area contributed by atoms with E-state index in [0.717, 1.165) is 11.1 Å². The van der Waals surface area contributed by atoms with E-state index in [1.807, 2.05) is 0 Å². The smallest absolute Gasteiger partial charge is 0.258 e. The van der Waals surface area contributed by atoms with Gasteiger partial charge in [-0.1, -0.05) is 12.1 Å². The molecular formula is C23H23FN4O5S. The maximum atomic E-state index is 13.2. The predicted molar refractivity (Wildman–Crippen MR) is 123 cm³/mol. The molecule has 0 aliphatic carbocycles. The number of phenols is 1. The van der Waals surface area contributed by atoms with Gasteiger partial charge in [-0.25, -0.2) is 17.9 Å². The Hall–Kier alpha value is -3.57. The molecule has 1 aliphatic rings. The third-order valence-electron chi connectivity index (χ3n) is 5.72. The minimum absolute atomic E-state index is 0.112. The summed E-state index contributed by atoms with van der Waals surface area (Å²) in [4.78, 5) is 31.1. The van der Waals surface area contributed by atoms with Gasteiger partial charge in [0, 0.05) is 31.7 Å². The van der Waals surface area contributed by atoms with Crippen molar-refractivity contribution < 1.29 is 27.5 Å². The van der Waals surface area contributed by atoms with Gasteiger partial charge in [0.2, 0.25) is 15.9 Å². The molecule has 3 aromatic rings. The number of amides is 2. The SMILES string of the molecule is CN1Cc2c(c(O)c3ncc(Cc4ccc(F)cc4)cc3c2CC(=O)NCCS(N)(=O)=O)C1=O. The number of carbonyl (C=O) groups excluding carboxylic acids is 2. The molecule has 34 heavy (non-hydrogen) atoms. The standard InChI is InChI=1S/C23H23FN4O5S/c1-28-12-18-16(10-19(29)26-6-7-34(25,32)33)17-9-14(8-13-2-4-15(24)5-3-13)11-27-21(17)22(30)20(18)23(28)31/h2-5,9,11,30H,6-8,10,12H2,1H3,(H,26,29)(H2,25,32,33). The summed E-state index contributed by atoms with van der Waals surface area (Å²) in [5.41, 5.74) is 2.98. The van der Waals surface area contributed by atoms with Gasteiger partial charge in [0.1, 0.15) is 11.3 Å². The number of sulfonamides is 1. The maximum absolute atomic E-state index is 13.2. The number of pyridine rings is 1. The van der Waals surface area contributed by atoms with E-state index in [9.17, 15) is 27.5 Å². The number of hydrogen-bond acceptors (Lipinski definition) is 6. The van der Waals surface area contributed by atoms with Gasteiger partial charge in [0.15, 0.2) is 5.75 Å². The average molecular weight is 487 g/mol. The summed E-state index contributed by atoms with van der Waals surface area (Å²) in [6.45, 7) is 0.0580. The second kappa shape index (κ2) is 8.99.